The summed E-state index contributed by atoms with van der Waals surface area (Å²) in [7, 11) is 0. The van der Waals surface area contributed by atoms with Crippen LogP contribution in [-0.2, 0) is 14.3 Å². The molecule has 100 valence electrons. The lowest BCUT2D eigenvalue weighted by molar-refractivity contribution is -0.145. The van der Waals surface area contributed by atoms with Gasteiger partial charge in [-0.25, -0.2) is 0 Å². The molecule has 2 amide bonds. The van der Waals surface area contributed by atoms with Gasteiger partial charge in [-0.1, -0.05) is 12.2 Å². The predicted octanol–water partition coefficient (Wildman–Crippen LogP) is 0.316. The van der Waals surface area contributed by atoms with Gasteiger partial charge >= 0.3 is 0 Å². The van der Waals surface area contributed by atoms with E-state index in [0.29, 0.717) is 25.7 Å². The van der Waals surface area contributed by atoms with E-state index >= 15 is 0 Å². The van der Waals surface area contributed by atoms with Crippen molar-refractivity contribution in [3.63, 3.8) is 0 Å². The van der Waals surface area contributed by atoms with Crippen LogP contribution in [0.25, 0.3) is 0 Å². The summed E-state index contributed by atoms with van der Waals surface area (Å²) in [5, 5.41) is 2.78. The van der Waals surface area contributed by atoms with Crippen molar-refractivity contribution < 1.29 is 14.3 Å². The Morgan fingerprint density at radius 1 is 1.50 bits per heavy atom. The summed E-state index contributed by atoms with van der Waals surface area (Å²) in [6, 6.07) is -0.299. The Bertz CT molecular complexity index is 363. The summed E-state index contributed by atoms with van der Waals surface area (Å²) in [6.07, 6.45) is 2.08. The zero-order valence-electron chi connectivity index (χ0n) is 10.8. The molecule has 1 aliphatic carbocycles. The predicted molar refractivity (Wildman–Crippen MR) is 66.9 cm³/mol. The molecule has 2 aliphatic rings. The topological polar surface area (TPSA) is 58.6 Å². The van der Waals surface area contributed by atoms with Crippen LogP contribution >= 0.6 is 0 Å². The molecule has 0 aromatic carbocycles. The third-order valence-corrected chi connectivity index (χ3v) is 3.18. The van der Waals surface area contributed by atoms with Gasteiger partial charge in [0.15, 0.2) is 0 Å². The molecule has 1 saturated carbocycles. The van der Waals surface area contributed by atoms with Crippen LogP contribution in [0.15, 0.2) is 12.2 Å². The molecule has 0 spiro atoms. The number of carbonyl (C=O) groups excluding carboxylic acids is 2. The molecular weight excluding hydrogens is 232 g/mol. The highest BCUT2D eigenvalue weighted by atomic mass is 16.5. The summed E-state index contributed by atoms with van der Waals surface area (Å²) < 4.78 is 5.37. The standard InChI is InChI=1S/C13H20N2O3/c1-9(2)8-18-6-5-15-7-11(16)14-12(13(15)17)10-3-4-10/h10,12H,1,3-8H2,2H3,(H,14,16). The Balaban J connectivity index is 1.80. The van der Waals surface area contributed by atoms with Crippen molar-refractivity contribution in [1.29, 1.82) is 0 Å². The molecule has 1 heterocycles. The highest BCUT2D eigenvalue weighted by molar-refractivity contribution is 5.95. The lowest BCUT2D eigenvalue weighted by Gasteiger charge is -2.32. The summed E-state index contributed by atoms with van der Waals surface area (Å²) in [4.78, 5) is 25.3. The smallest absolute Gasteiger partial charge is 0.245 e. The molecule has 2 rings (SSSR count). The number of ether oxygens (including phenoxy) is 1. The van der Waals surface area contributed by atoms with E-state index in [2.05, 4.69) is 11.9 Å². The van der Waals surface area contributed by atoms with Crippen molar-refractivity contribution in [2.45, 2.75) is 25.8 Å². The van der Waals surface area contributed by atoms with E-state index in [-0.39, 0.29) is 24.4 Å². The van der Waals surface area contributed by atoms with Crippen molar-refractivity contribution >= 4 is 11.8 Å². The molecule has 0 aromatic rings. The Kier molecular flexibility index (Phi) is 4.01. The van der Waals surface area contributed by atoms with Gasteiger partial charge in [0.25, 0.3) is 0 Å². The Labute approximate surface area is 107 Å². The fourth-order valence-electron chi connectivity index (χ4n) is 2.09. The molecule has 1 atom stereocenters. The first-order valence-corrected chi connectivity index (χ1v) is 6.38. The van der Waals surface area contributed by atoms with Crippen LogP contribution in [0.5, 0.6) is 0 Å². The Morgan fingerprint density at radius 3 is 2.83 bits per heavy atom. The van der Waals surface area contributed by atoms with Gasteiger partial charge in [-0.05, 0) is 25.7 Å². The summed E-state index contributed by atoms with van der Waals surface area (Å²) in [6.45, 7) is 7.21. The van der Waals surface area contributed by atoms with Crippen LogP contribution in [0, 0.1) is 5.92 Å². The molecule has 1 unspecified atom stereocenters. The highest BCUT2D eigenvalue weighted by Gasteiger charge is 2.42. The number of amides is 2. The fourth-order valence-corrected chi connectivity index (χ4v) is 2.09. The van der Waals surface area contributed by atoms with Crippen molar-refractivity contribution in [2.24, 2.45) is 5.92 Å². The molecule has 5 nitrogen and oxygen atoms in total. The van der Waals surface area contributed by atoms with E-state index in [0.717, 1.165) is 18.4 Å². The average Bonchev–Trinajstić information content (AvgIpc) is 3.12. The first-order chi connectivity index (χ1) is 8.58. The van der Waals surface area contributed by atoms with E-state index in [9.17, 15) is 9.59 Å². The molecule has 1 saturated heterocycles. The van der Waals surface area contributed by atoms with Crippen molar-refractivity contribution in [3.8, 4) is 0 Å². The molecule has 18 heavy (non-hydrogen) atoms. The van der Waals surface area contributed by atoms with E-state index in [1.807, 2.05) is 6.92 Å². The lowest BCUT2D eigenvalue weighted by Crippen LogP contribution is -2.59. The third-order valence-electron chi connectivity index (χ3n) is 3.18. The van der Waals surface area contributed by atoms with Gasteiger partial charge in [-0.2, -0.15) is 0 Å². The highest BCUT2D eigenvalue weighted by Crippen LogP contribution is 2.34. The number of nitrogens with one attached hydrogen (secondary N) is 1. The van der Waals surface area contributed by atoms with E-state index in [1.54, 1.807) is 4.90 Å². The van der Waals surface area contributed by atoms with Crippen LogP contribution in [-0.4, -0.2) is 49.1 Å². The molecule has 1 aliphatic heterocycles. The van der Waals surface area contributed by atoms with Crippen LogP contribution in [0.3, 0.4) is 0 Å². The molecule has 0 radical (unpaired) electrons. The quantitative estimate of drug-likeness (QED) is 0.547. The summed E-state index contributed by atoms with van der Waals surface area (Å²) in [5.41, 5.74) is 0.952. The lowest BCUT2D eigenvalue weighted by atomic mass is 10.1. The molecular formula is C13H20N2O3. The van der Waals surface area contributed by atoms with E-state index < -0.39 is 0 Å². The molecule has 2 fully saturated rings. The van der Waals surface area contributed by atoms with E-state index in [4.69, 9.17) is 4.74 Å². The second-order valence-corrected chi connectivity index (χ2v) is 5.15. The van der Waals surface area contributed by atoms with Gasteiger partial charge in [0, 0.05) is 6.54 Å². The minimum absolute atomic E-state index is 0.0380. The number of carbonyl (C=O) groups is 2. The van der Waals surface area contributed by atoms with Gasteiger partial charge in [0.2, 0.25) is 11.8 Å². The first-order valence-electron chi connectivity index (χ1n) is 6.38. The van der Waals surface area contributed by atoms with Gasteiger partial charge < -0.3 is 15.0 Å². The van der Waals surface area contributed by atoms with Gasteiger partial charge in [0.05, 0.1) is 19.8 Å². The largest absolute Gasteiger partial charge is 0.375 e. The van der Waals surface area contributed by atoms with Crippen molar-refractivity contribution in [2.75, 3.05) is 26.3 Å². The minimum Gasteiger partial charge on any atom is -0.375 e. The zero-order valence-corrected chi connectivity index (χ0v) is 10.8. The minimum atomic E-state index is -0.299. The zero-order chi connectivity index (χ0) is 13.1. The summed E-state index contributed by atoms with van der Waals surface area (Å²) >= 11 is 0. The van der Waals surface area contributed by atoms with Gasteiger partial charge in [-0.15, -0.1) is 0 Å². The fraction of sp³-hybridized carbons (Fsp3) is 0.692. The van der Waals surface area contributed by atoms with Crippen molar-refractivity contribution in [3.05, 3.63) is 12.2 Å². The number of rotatable bonds is 6. The molecule has 0 aromatic heterocycles. The number of hydrogen-bond donors (Lipinski definition) is 1. The van der Waals surface area contributed by atoms with E-state index in [1.165, 1.54) is 0 Å². The second kappa shape index (κ2) is 5.52. The number of hydrogen-bond acceptors (Lipinski definition) is 3. The Morgan fingerprint density at radius 2 is 2.22 bits per heavy atom. The van der Waals surface area contributed by atoms with Crippen LogP contribution in [0.4, 0.5) is 0 Å². The van der Waals surface area contributed by atoms with Crippen molar-refractivity contribution in [1.82, 2.24) is 10.2 Å². The second-order valence-electron chi connectivity index (χ2n) is 5.15. The van der Waals surface area contributed by atoms with Crippen LogP contribution < -0.4 is 5.32 Å². The third kappa shape index (κ3) is 3.32. The maximum absolute atomic E-state index is 12.1. The monoisotopic (exact) mass is 252 g/mol. The number of piperazine rings is 1. The molecule has 5 heteroatoms. The molecule has 1 N–H and O–H groups in total. The first kappa shape index (κ1) is 13.1. The van der Waals surface area contributed by atoms with Crippen LogP contribution in [0.2, 0.25) is 0 Å². The van der Waals surface area contributed by atoms with Gasteiger partial charge in [-0.3, -0.25) is 9.59 Å². The molecule has 0 bridgehead atoms. The maximum Gasteiger partial charge on any atom is 0.245 e. The van der Waals surface area contributed by atoms with Crippen LogP contribution in [0.1, 0.15) is 19.8 Å². The normalized spacial score (nSPS) is 24.1. The summed E-state index contributed by atoms with van der Waals surface area (Å²) in [5.74, 6) is 0.322. The Hall–Kier alpha value is -1.36. The maximum atomic E-state index is 12.1. The number of nitrogens with zero attached hydrogens (tertiary/aromatic N) is 1. The average molecular weight is 252 g/mol. The SMILES string of the molecule is C=C(C)COCCN1CC(=O)NC(C2CC2)C1=O. The van der Waals surface area contributed by atoms with Gasteiger partial charge in [0.1, 0.15) is 6.04 Å².